The lowest BCUT2D eigenvalue weighted by atomic mass is 10.1. The molecule has 3 heteroatoms. The third kappa shape index (κ3) is 2.68. The summed E-state index contributed by atoms with van der Waals surface area (Å²) in [7, 11) is 0. The second-order valence-corrected chi connectivity index (χ2v) is 7.54. The van der Waals surface area contributed by atoms with Crippen molar-refractivity contribution in [1.82, 2.24) is 4.57 Å². The van der Waals surface area contributed by atoms with Crippen molar-refractivity contribution in [2.45, 2.75) is 0 Å². The minimum absolute atomic E-state index is 1.12. The molecule has 134 valence electrons. The van der Waals surface area contributed by atoms with Gasteiger partial charge in [0.2, 0.25) is 0 Å². The highest BCUT2D eigenvalue weighted by molar-refractivity contribution is 7.17. The van der Waals surface area contributed by atoms with E-state index >= 15 is 0 Å². The van der Waals surface area contributed by atoms with E-state index in [0.717, 1.165) is 11.3 Å². The number of hydrogen-bond acceptors (Lipinski definition) is 2. The Kier molecular flexibility index (Phi) is 4.15. The van der Waals surface area contributed by atoms with Crippen molar-refractivity contribution < 1.29 is 0 Å². The Balaban J connectivity index is 1.73. The van der Waals surface area contributed by atoms with Gasteiger partial charge in [0.05, 0.1) is 11.0 Å². The highest BCUT2D eigenvalue weighted by Crippen LogP contribution is 2.37. The molecule has 5 aromatic rings. The fourth-order valence-corrected chi connectivity index (χ4v) is 4.54. The monoisotopic (exact) mass is 378 g/mol. The molecule has 0 bridgehead atoms. The van der Waals surface area contributed by atoms with Crippen LogP contribution in [0.1, 0.15) is 5.56 Å². The standard InChI is InChI=1S/C25H18N2S/c1-2-15-26-16-13-18-7-9-19(10-8-18)27-23-6-4-3-5-20(23)21-11-12-24-22(25(21)27)14-17-28-24/h2-17H,1H2. The first-order chi connectivity index (χ1) is 13.9. The van der Waals surface area contributed by atoms with Crippen LogP contribution in [0.15, 0.2) is 96.0 Å². The molecule has 0 fully saturated rings. The van der Waals surface area contributed by atoms with E-state index in [9.17, 15) is 0 Å². The number of para-hydroxylation sites is 1. The predicted molar refractivity (Wildman–Crippen MR) is 124 cm³/mol. The number of allylic oxidation sites excluding steroid dienone is 1. The number of benzene rings is 3. The first kappa shape index (κ1) is 16.7. The Hall–Kier alpha value is -3.43. The Morgan fingerprint density at radius 3 is 2.57 bits per heavy atom. The summed E-state index contributed by atoms with van der Waals surface area (Å²) in [5, 5.41) is 6.06. The Labute approximate surface area is 167 Å². The fraction of sp³-hybridized carbons (Fsp3) is 0. The van der Waals surface area contributed by atoms with Gasteiger partial charge in [0.1, 0.15) is 0 Å². The van der Waals surface area contributed by atoms with Gasteiger partial charge in [-0.05, 0) is 47.4 Å². The Bertz CT molecular complexity index is 1360. The summed E-state index contributed by atoms with van der Waals surface area (Å²) in [4.78, 5) is 4.14. The molecule has 5 rings (SSSR count). The van der Waals surface area contributed by atoms with Crippen molar-refractivity contribution in [1.29, 1.82) is 0 Å². The molecule has 0 aliphatic carbocycles. The predicted octanol–water partition coefficient (Wildman–Crippen LogP) is 7.23. The average Bonchev–Trinajstić information content (AvgIpc) is 3.34. The quantitative estimate of drug-likeness (QED) is 0.294. The minimum atomic E-state index is 1.12. The van der Waals surface area contributed by atoms with Crippen LogP contribution in [-0.2, 0) is 0 Å². The molecule has 2 aromatic heterocycles. The van der Waals surface area contributed by atoms with E-state index in [1.54, 1.807) is 29.8 Å². The van der Waals surface area contributed by atoms with Gasteiger partial charge in [0, 0.05) is 39.0 Å². The molecule has 0 saturated carbocycles. The second-order valence-electron chi connectivity index (χ2n) is 6.59. The van der Waals surface area contributed by atoms with Gasteiger partial charge in [-0.3, -0.25) is 4.99 Å². The molecule has 0 unspecified atom stereocenters. The summed E-state index contributed by atoms with van der Waals surface area (Å²) in [6.45, 7) is 3.63. The topological polar surface area (TPSA) is 17.3 Å². The van der Waals surface area contributed by atoms with Crippen LogP contribution in [0.25, 0.3) is 43.7 Å². The smallest absolute Gasteiger partial charge is 0.0627 e. The van der Waals surface area contributed by atoms with Gasteiger partial charge < -0.3 is 4.57 Å². The summed E-state index contributed by atoms with van der Waals surface area (Å²) in [6, 6.07) is 23.9. The van der Waals surface area contributed by atoms with Crippen LogP contribution in [0.3, 0.4) is 0 Å². The van der Waals surface area contributed by atoms with E-state index in [0.29, 0.717) is 0 Å². The maximum atomic E-state index is 4.14. The summed E-state index contributed by atoms with van der Waals surface area (Å²) in [5.41, 5.74) is 4.79. The van der Waals surface area contributed by atoms with E-state index in [1.165, 1.54) is 31.9 Å². The summed E-state index contributed by atoms with van der Waals surface area (Å²) in [5.74, 6) is 0. The molecule has 0 saturated heterocycles. The number of rotatable bonds is 4. The van der Waals surface area contributed by atoms with Crippen LogP contribution < -0.4 is 0 Å². The number of nitrogens with zero attached hydrogens (tertiary/aromatic N) is 2. The van der Waals surface area contributed by atoms with Crippen molar-refractivity contribution in [3.63, 3.8) is 0 Å². The van der Waals surface area contributed by atoms with Gasteiger partial charge in [0.15, 0.2) is 0 Å². The Morgan fingerprint density at radius 2 is 1.71 bits per heavy atom. The van der Waals surface area contributed by atoms with Crippen LogP contribution in [-0.4, -0.2) is 10.8 Å². The number of aliphatic imine (C=N–C) groups is 1. The lowest BCUT2D eigenvalue weighted by Crippen LogP contribution is -1.93. The van der Waals surface area contributed by atoms with E-state index in [4.69, 9.17) is 0 Å². The van der Waals surface area contributed by atoms with Crippen molar-refractivity contribution in [2.75, 3.05) is 0 Å². The summed E-state index contributed by atoms with van der Waals surface area (Å²) >= 11 is 1.79. The van der Waals surface area contributed by atoms with Gasteiger partial charge in [-0.1, -0.05) is 49.1 Å². The molecule has 3 aromatic carbocycles. The summed E-state index contributed by atoms with van der Waals surface area (Å²) < 4.78 is 3.69. The van der Waals surface area contributed by atoms with Crippen molar-refractivity contribution in [3.05, 3.63) is 96.5 Å². The van der Waals surface area contributed by atoms with Crippen LogP contribution in [0.5, 0.6) is 0 Å². The van der Waals surface area contributed by atoms with Gasteiger partial charge in [-0.25, -0.2) is 0 Å². The van der Waals surface area contributed by atoms with E-state index in [1.807, 2.05) is 6.08 Å². The van der Waals surface area contributed by atoms with Gasteiger partial charge in [-0.2, -0.15) is 0 Å². The van der Waals surface area contributed by atoms with E-state index < -0.39 is 0 Å². The SMILES string of the molecule is C=CC=NC=Cc1ccc(-n2c3ccccc3c3ccc4sccc4c32)cc1. The van der Waals surface area contributed by atoms with Gasteiger partial charge in [0.25, 0.3) is 0 Å². The molecule has 0 aliphatic rings. The Morgan fingerprint density at radius 1 is 0.857 bits per heavy atom. The molecule has 2 nitrogen and oxygen atoms in total. The molecule has 0 radical (unpaired) electrons. The molecule has 0 atom stereocenters. The molecular formula is C25H18N2S. The number of hydrogen-bond donors (Lipinski definition) is 0. The van der Waals surface area contributed by atoms with Crippen molar-refractivity contribution in [2.24, 2.45) is 4.99 Å². The van der Waals surface area contributed by atoms with Gasteiger partial charge >= 0.3 is 0 Å². The maximum absolute atomic E-state index is 4.14. The van der Waals surface area contributed by atoms with Crippen LogP contribution in [0.2, 0.25) is 0 Å². The lowest BCUT2D eigenvalue weighted by molar-refractivity contribution is 1.19. The first-order valence-electron chi connectivity index (χ1n) is 9.17. The number of thiophene rings is 1. The van der Waals surface area contributed by atoms with Crippen LogP contribution >= 0.6 is 11.3 Å². The fourth-order valence-electron chi connectivity index (χ4n) is 3.75. The average molecular weight is 379 g/mol. The number of fused-ring (bicyclic) bond motifs is 5. The van der Waals surface area contributed by atoms with E-state index in [2.05, 4.69) is 88.2 Å². The normalized spacial score (nSPS) is 12.1. The van der Waals surface area contributed by atoms with Crippen molar-refractivity contribution in [3.8, 4) is 5.69 Å². The highest BCUT2D eigenvalue weighted by atomic mass is 32.1. The van der Waals surface area contributed by atoms with E-state index in [-0.39, 0.29) is 0 Å². The highest BCUT2D eigenvalue weighted by Gasteiger charge is 2.14. The third-order valence-electron chi connectivity index (χ3n) is 4.96. The zero-order valence-corrected chi connectivity index (χ0v) is 16.1. The van der Waals surface area contributed by atoms with Crippen molar-refractivity contribution >= 4 is 55.5 Å². The number of aromatic nitrogens is 1. The molecule has 28 heavy (non-hydrogen) atoms. The maximum Gasteiger partial charge on any atom is 0.0627 e. The lowest BCUT2D eigenvalue weighted by Gasteiger charge is -2.09. The summed E-state index contributed by atoms with van der Waals surface area (Å²) in [6.07, 6.45) is 7.12. The van der Waals surface area contributed by atoms with Crippen LogP contribution in [0.4, 0.5) is 0 Å². The molecular weight excluding hydrogens is 360 g/mol. The molecule has 0 spiro atoms. The zero-order valence-electron chi connectivity index (χ0n) is 15.2. The zero-order chi connectivity index (χ0) is 18.9. The minimum Gasteiger partial charge on any atom is -0.309 e. The second kappa shape index (κ2) is 6.95. The first-order valence-corrected chi connectivity index (χ1v) is 10.1. The molecule has 0 aliphatic heterocycles. The molecule has 2 heterocycles. The molecule has 0 N–H and O–H groups in total. The van der Waals surface area contributed by atoms with Gasteiger partial charge in [-0.15, -0.1) is 11.3 Å². The third-order valence-corrected chi connectivity index (χ3v) is 5.84. The van der Waals surface area contributed by atoms with Crippen LogP contribution in [0, 0.1) is 0 Å². The largest absolute Gasteiger partial charge is 0.309 e. The molecule has 0 amide bonds.